The van der Waals surface area contributed by atoms with Crippen LogP contribution in [0.25, 0.3) is 0 Å². The molecule has 0 spiro atoms. The summed E-state index contributed by atoms with van der Waals surface area (Å²) in [6.45, 7) is 2.15. The minimum atomic E-state index is 0.647. The van der Waals surface area contributed by atoms with Crippen molar-refractivity contribution in [1.29, 1.82) is 0 Å². The lowest BCUT2D eigenvalue weighted by Crippen LogP contribution is -1.85. The maximum atomic E-state index is 5.47. The van der Waals surface area contributed by atoms with Crippen molar-refractivity contribution in [2.24, 2.45) is 0 Å². The van der Waals surface area contributed by atoms with Crippen molar-refractivity contribution >= 4 is 7.85 Å². The number of hydrogen-bond donors (Lipinski definition) is 0. The molecule has 0 atom stereocenters. The minimum Gasteiger partial charge on any atom is -0.0643 e. The lowest BCUT2D eigenvalue weighted by molar-refractivity contribution is 1.13. The van der Waals surface area contributed by atoms with Gasteiger partial charge in [0.1, 0.15) is 0 Å². The minimum absolute atomic E-state index is 0.647. The van der Waals surface area contributed by atoms with Gasteiger partial charge in [-0.1, -0.05) is 43.1 Å². The quantitative estimate of drug-likeness (QED) is 0.536. The molecule has 0 nitrogen and oxygen atoms in total. The normalized spacial score (nSPS) is 9.70. The SMILES string of the molecule is [B]Cc1cccc(CC)c1. The van der Waals surface area contributed by atoms with Crippen molar-refractivity contribution in [3.8, 4) is 0 Å². The van der Waals surface area contributed by atoms with Crippen LogP contribution in [0.2, 0.25) is 0 Å². The average Bonchev–Trinajstić information content (AvgIpc) is 2.05. The maximum Gasteiger partial charge on any atom is 0.0716 e. The summed E-state index contributed by atoms with van der Waals surface area (Å²) >= 11 is 0. The average molecular weight is 130 g/mol. The van der Waals surface area contributed by atoms with Gasteiger partial charge >= 0.3 is 0 Å². The Kier molecular flexibility index (Phi) is 2.55. The summed E-state index contributed by atoms with van der Waals surface area (Å²) in [6.07, 6.45) is 1.74. The highest BCUT2D eigenvalue weighted by molar-refractivity contribution is 6.08. The van der Waals surface area contributed by atoms with Gasteiger partial charge in [-0.2, -0.15) is 0 Å². The second kappa shape index (κ2) is 3.45. The van der Waals surface area contributed by atoms with Crippen LogP contribution in [0.5, 0.6) is 0 Å². The highest BCUT2D eigenvalue weighted by atomic mass is 13.9. The molecule has 1 aromatic rings. The van der Waals surface area contributed by atoms with E-state index in [9.17, 15) is 0 Å². The molecule has 0 heterocycles. The zero-order valence-corrected chi connectivity index (χ0v) is 6.30. The summed E-state index contributed by atoms with van der Waals surface area (Å²) < 4.78 is 0. The van der Waals surface area contributed by atoms with E-state index >= 15 is 0 Å². The summed E-state index contributed by atoms with van der Waals surface area (Å²) in [5.41, 5.74) is 2.59. The first-order valence-corrected chi connectivity index (χ1v) is 3.64. The van der Waals surface area contributed by atoms with Gasteiger partial charge in [-0.3, -0.25) is 0 Å². The van der Waals surface area contributed by atoms with Gasteiger partial charge in [-0.15, -0.1) is 0 Å². The fourth-order valence-corrected chi connectivity index (χ4v) is 0.977. The predicted molar refractivity (Wildman–Crippen MR) is 45.3 cm³/mol. The lowest BCUT2D eigenvalue weighted by Gasteiger charge is -1.98. The molecular weight excluding hydrogens is 119 g/mol. The molecule has 0 amide bonds. The molecule has 0 N–H and O–H groups in total. The third kappa shape index (κ3) is 1.63. The van der Waals surface area contributed by atoms with Crippen LogP contribution in [-0.4, -0.2) is 7.85 Å². The van der Waals surface area contributed by atoms with E-state index in [2.05, 4.69) is 31.2 Å². The van der Waals surface area contributed by atoms with E-state index in [0.29, 0.717) is 6.32 Å². The van der Waals surface area contributed by atoms with E-state index in [1.54, 1.807) is 0 Å². The standard InChI is InChI=1S/C9H11B/c1-2-8-4-3-5-9(6-8)7-10/h3-6H,2,7H2,1H3. The second-order valence-electron chi connectivity index (χ2n) is 2.38. The van der Waals surface area contributed by atoms with E-state index in [1.165, 1.54) is 11.1 Å². The van der Waals surface area contributed by atoms with Crippen LogP contribution in [0.15, 0.2) is 24.3 Å². The van der Waals surface area contributed by atoms with Crippen LogP contribution in [0, 0.1) is 0 Å². The molecule has 0 fully saturated rings. The Bertz CT molecular complexity index is 186. The molecule has 0 aliphatic carbocycles. The zero-order chi connectivity index (χ0) is 7.40. The molecule has 0 bridgehead atoms. The zero-order valence-electron chi connectivity index (χ0n) is 6.30. The predicted octanol–water partition coefficient (Wildman–Crippen LogP) is 1.92. The van der Waals surface area contributed by atoms with Crippen LogP contribution >= 0.6 is 0 Å². The number of benzene rings is 1. The molecule has 2 radical (unpaired) electrons. The smallest absolute Gasteiger partial charge is 0.0643 e. The van der Waals surface area contributed by atoms with Crippen molar-refractivity contribution in [2.75, 3.05) is 0 Å². The van der Waals surface area contributed by atoms with Crippen molar-refractivity contribution in [1.82, 2.24) is 0 Å². The van der Waals surface area contributed by atoms with Gasteiger partial charge in [0.25, 0.3) is 0 Å². The Labute approximate surface area is 63.7 Å². The highest BCUT2D eigenvalue weighted by Crippen LogP contribution is 2.04. The van der Waals surface area contributed by atoms with Gasteiger partial charge in [-0.05, 0) is 12.0 Å². The Morgan fingerprint density at radius 1 is 1.30 bits per heavy atom. The van der Waals surface area contributed by atoms with Crippen molar-refractivity contribution in [3.63, 3.8) is 0 Å². The first-order chi connectivity index (χ1) is 4.86. The summed E-state index contributed by atoms with van der Waals surface area (Å²) in [7, 11) is 5.47. The monoisotopic (exact) mass is 130 g/mol. The number of rotatable bonds is 2. The molecule has 10 heavy (non-hydrogen) atoms. The van der Waals surface area contributed by atoms with Crippen LogP contribution in [0.4, 0.5) is 0 Å². The summed E-state index contributed by atoms with van der Waals surface area (Å²) in [5.74, 6) is 0. The maximum absolute atomic E-state index is 5.47. The number of aryl methyl sites for hydroxylation is 1. The Balaban J connectivity index is 2.87. The van der Waals surface area contributed by atoms with E-state index in [0.717, 1.165) is 6.42 Å². The van der Waals surface area contributed by atoms with Crippen molar-refractivity contribution in [2.45, 2.75) is 19.7 Å². The Morgan fingerprint density at radius 2 is 2.00 bits per heavy atom. The van der Waals surface area contributed by atoms with Gasteiger partial charge in [0.2, 0.25) is 0 Å². The molecule has 0 unspecified atom stereocenters. The highest BCUT2D eigenvalue weighted by Gasteiger charge is 1.89. The Morgan fingerprint density at radius 3 is 2.60 bits per heavy atom. The van der Waals surface area contributed by atoms with Crippen LogP contribution in [0.1, 0.15) is 18.1 Å². The van der Waals surface area contributed by atoms with E-state index in [4.69, 9.17) is 7.85 Å². The summed E-state index contributed by atoms with van der Waals surface area (Å²) in [6, 6.07) is 8.39. The van der Waals surface area contributed by atoms with E-state index in [1.807, 2.05) is 0 Å². The third-order valence-electron chi connectivity index (χ3n) is 1.64. The van der Waals surface area contributed by atoms with Crippen molar-refractivity contribution in [3.05, 3.63) is 35.4 Å². The van der Waals surface area contributed by atoms with Crippen LogP contribution in [0.3, 0.4) is 0 Å². The van der Waals surface area contributed by atoms with E-state index in [-0.39, 0.29) is 0 Å². The fraction of sp³-hybridized carbons (Fsp3) is 0.333. The molecule has 0 aliphatic heterocycles. The molecule has 1 aromatic carbocycles. The topological polar surface area (TPSA) is 0 Å². The van der Waals surface area contributed by atoms with Gasteiger partial charge in [0, 0.05) is 0 Å². The van der Waals surface area contributed by atoms with Gasteiger partial charge in [-0.25, -0.2) is 0 Å². The van der Waals surface area contributed by atoms with Crippen molar-refractivity contribution < 1.29 is 0 Å². The lowest BCUT2D eigenvalue weighted by atomic mass is 9.95. The van der Waals surface area contributed by atoms with Gasteiger partial charge in [0.15, 0.2) is 0 Å². The molecule has 0 aromatic heterocycles. The third-order valence-corrected chi connectivity index (χ3v) is 1.64. The molecule has 1 rings (SSSR count). The number of hydrogen-bond acceptors (Lipinski definition) is 0. The molecular formula is C9H11B. The molecule has 50 valence electrons. The Hall–Kier alpha value is -0.715. The van der Waals surface area contributed by atoms with Gasteiger partial charge < -0.3 is 0 Å². The molecule has 1 heteroatoms. The van der Waals surface area contributed by atoms with Crippen LogP contribution < -0.4 is 0 Å². The first kappa shape index (κ1) is 7.39. The fourth-order valence-electron chi connectivity index (χ4n) is 0.977. The first-order valence-electron chi connectivity index (χ1n) is 3.64. The van der Waals surface area contributed by atoms with Gasteiger partial charge in [0.05, 0.1) is 7.85 Å². The largest absolute Gasteiger partial charge is 0.0716 e. The molecule has 0 aliphatic rings. The summed E-state index contributed by atoms with van der Waals surface area (Å²) in [4.78, 5) is 0. The molecule has 0 saturated heterocycles. The second-order valence-corrected chi connectivity index (χ2v) is 2.38. The molecule has 0 saturated carbocycles. The van der Waals surface area contributed by atoms with E-state index < -0.39 is 0 Å². The summed E-state index contributed by atoms with van der Waals surface area (Å²) in [5, 5.41) is 0. The van der Waals surface area contributed by atoms with Crippen LogP contribution in [-0.2, 0) is 12.7 Å².